The van der Waals surface area contributed by atoms with Crippen LogP contribution in [0, 0.1) is 22.0 Å². The summed E-state index contributed by atoms with van der Waals surface area (Å²) in [4.78, 5) is 30.4. The molecule has 1 atom stereocenters. The number of amides is 1. The van der Waals surface area contributed by atoms with Gasteiger partial charge < -0.3 is 20.3 Å². The van der Waals surface area contributed by atoms with Crippen molar-refractivity contribution in [2.24, 2.45) is 11.8 Å². The van der Waals surface area contributed by atoms with Gasteiger partial charge in [-0.1, -0.05) is 12.8 Å². The van der Waals surface area contributed by atoms with E-state index in [1.165, 1.54) is 25.3 Å². The topological polar surface area (TPSA) is 110 Å². The van der Waals surface area contributed by atoms with Gasteiger partial charge in [-0.2, -0.15) is 0 Å². The maximum atomic E-state index is 14.1. The van der Waals surface area contributed by atoms with Gasteiger partial charge in [-0.15, -0.1) is 0 Å². The number of nitrogens with zero attached hydrogens (tertiary/aromatic N) is 3. The fraction of sp³-hybridized carbons (Fsp3) is 0.538. The summed E-state index contributed by atoms with van der Waals surface area (Å²) in [5.41, 5.74) is 0.719. The number of aromatic nitrogens is 1. The molecule has 2 aliphatic heterocycles. The molecule has 38 heavy (non-hydrogen) atoms. The first-order valence-corrected chi connectivity index (χ1v) is 13.6. The average molecular weight is 596 g/mol. The van der Waals surface area contributed by atoms with Crippen molar-refractivity contribution in [1.82, 2.24) is 10.3 Å². The lowest BCUT2D eigenvalue weighted by atomic mass is 9.86. The minimum Gasteiger partial charge on any atom is -0.494 e. The van der Waals surface area contributed by atoms with E-state index in [2.05, 4.69) is 31.5 Å². The molecule has 0 aliphatic carbocycles. The number of hydrogen-bond acceptors (Lipinski definition) is 7. The van der Waals surface area contributed by atoms with Crippen LogP contribution in [0.4, 0.5) is 26.0 Å². The van der Waals surface area contributed by atoms with Gasteiger partial charge in [0.1, 0.15) is 10.4 Å². The van der Waals surface area contributed by atoms with Crippen molar-refractivity contribution >= 4 is 39.0 Å². The van der Waals surface area contributed by atoms with Crippen LogP contribution in [0.5, 0.6) is 5.75 Å². The maximum absolute atomic E-state index is 14.1. The lowest BCUT2D eigenvalue weighted by Crippen LogP contribution is -2.44. The monoisotopic (exact) mass is 595 g/mol. The second-order valence-corrected chi connectivity index (χ2v) is 10.6. The van der Waals surface area contributed by atoms with E-state index in [9.17, 15) is 23.7 Å². The quantitative estimate of drug-likeness (QED) is 0.219. The van der Waals surface area contributed by atoms with Crippen molar-refractivity contribution < 1.29 is 23.2 Å². The molecule has 4 rings (SSSR count). The van der Waals surface area contributed by atoms with Gasteiger partial charge in [-0.3, -0.25) is 14.9 Å². The van der Waals surface area contributed by atoms with Gasteiger partial charge in [-0.25, -0.2) is 13.8 Å². The molecule has 0 radical (unpaired) electrons. The molecule has 1 amide bonds. The van der Waals surface area contributed by atoms with Gasteiger partial charge in [0.15, 0.2) is 5.75 Å². The highest BCUT2D eigenvalue weighted by Crippen LogP contribution is 2.36. The fourth-order valence-corrected chi connectivity index (χ4v) is 5.71. The first-order chi connectivity index (χ1) is 18.2. The second-order valence-electron chi connectivity index (χ2n) is 9.88. The van der Waals surface area contributed by atoms with Gasteiger partial charge in [0.05, 0.1) is 23.3 Å². The number of rotatable bonds is 9. The molecule has 1 unspecified atom stereocenters. The summed E-state index contributed by atoms with van der Waals surface area (Å²) in [6.07, 6.45) is 3.69. The minimum absolute atomic E-state index is 0.0917. The van der Waals surface area contributed by atoms with Crippen LogP contribution >= 0.6 is 15.9 Å². The molecule has 2 fully saturated rings. The molecule has 0 spiro atoms. The second kappa shape index (κ2) is 12.3. The Bertz CT molecular complexity index is 1160. The van der Waals surface area contributed by atoms with Crippen LogP contribution in [-0.4, -0.2) is 55.0 Å². The number of nitro groups is 1. The number of carbonyl (C=O) groups is 1. The van der Waals surface area contributed by atoms with Crippen molar-refractivity contribution in [1.29, 1.82) is 0 Å². The molecule has 9 nitrogen and oxygen atoms in total. The van der Waals surface area contributed by atoms with Gasteiger partial charge in [0.25, 0.3) is 17.5 Å². The summed E-state index contributed by atoms with van der Waals surface area (Å²) >= 11 is 3.30. The van der Waals surface area contributed by atoms with E-state index >= 15 is 0 Å². The molecule has 2 saturated heterocycles. The molecule has 1 aromatic heterocycles. The Morgan fingerprint density at radius 2 is 2.05 bits per heavy atom. The lowest BCUT2D eigenvalue weighted by Gasteiger charge is -2.35. The predicted octanol–water partition coefficient (Wildman–Crippen LogP) is 5.64. The zero-order valence-electron chi connectivity index (χ0n) is 21.2. The number of halogens is 3. The predicted molar refractivity (Wildman–Crippen MR) is 144 cm³/mol. The number of carbonyl (C=O) groups excluding carboxylic acids is 1. The number of piperidine rings is 2. The molecule has 2 N–H and O–H groups in total. The number of nitro benzene ring substituents is 1. The van der Waals surface area contributed by atoms with Crippen molar-refractivity contribution in [2.45, 2.75) is 44.4 Å². The number of non-ortho nitro benzene ring substituents is 1. The van der Waals surface area contributed by atoms with E-state index in [1.807, 2.05) is 4.90 Å². The smallest absolute Gasteiger partial charge is 0.271 e. The van der Waals surface area contributed by atoms with Crippen LogP contribution in [0.25, 0.3) is 0 Å². The Labute approximate surface area is 228 Å². The number of pyridine rings is 1. The number of alkyl halides is 2. The highest BCUT2D eigenvalue weighted by atomic mass is 79.9. The zero-order valence-corrected chi connectivity index (χ0v) is 22.8. The van der Waals surface area contributed by atoms with Crippen molar-refractivity contribution in [3.8, 4) is 5.75 Å². The van der Waals surface area contributed by atoms with E-state index in [-0.39, 0.29) is 12.1 Å². The lowest BCUT2D eigenvalue weighted by molar-refractivity contribution is -0.384. The average Bonchev–Trinajstić information content (AvgIpc) is 2.89. The minimum atomic E-state index is -2.59. The van der Waals surface area contributed by atoms with Crippen molar-refractivity contribution in [3.63, 3.8) is 0 Å². The van der Waals surface area contributed by atoms with Crippen LogP contribution in [0.3, 0.4) is 0 Å². The van der Waals surface area contributed by atoms with Crippen molar-refractivity contribution in [2.75, 3.05) is 43.5 Å². The standard InChI is InChI=1S/C26H32BrF2N5O4/c1-38-22-7-8-23(31-24(22)27)32-25(35)20-6-5-19(34(36)37)15-21(20)33-13-9-17(10-14-33)3-2-4-18-16-30-12-11-26(18,28)29/h5-8,15,17-18,30H,2-4,9-14,16H2,1H3,(H,31,32,35). The molecule has 2 aliphatic rings. The van der Waals surface area contributed by atoms with Crippen LogP contribution in [-0.2, 0) is 0 Å². The molecule has 0 bridgehead atoms. The Balaban J connectivity index is 1.40. The maximum Gasteiger partial charge on any atom is 0.271 e. The highest BCUT2D eigenvalue weighted by Gasteiger charge is 2.40. The third kappa shape index (κ3) is 6.76. The Morgan fingerprint density at radius 3 is 2.71 bits per heavy atom. The summed E-state index contributed by atoms with van der Waals surface area (Å²) < 4.78 is 33.8. The molecule has 0 saturated carbocycles. The summed E-state index contributed by atoms with van der Waals surface area (Å²) in [6.45, 7) is 1.99. The highest BCUT2D eigenvalue weighted by molar-refractivity contribution is 9.10. The van der Waals surface area contributed by atoms with Crippen LogP contribution in [0.2, 0.25) is 0 Å². The molecular formula is C26H32BrF2N5O4. The summed E-state index contributed by atoms with van der Waals surface area (Å²) in [6, 6.07) is 7.49. The summed E-state index contributed by atoms with van der Waals surface area (Å²) in [5, 5.41) is 17.3. The molecule has 206 valence electrons. The number of ether oxygens (including phenoxy) is 1. The molecule has 2 aromatic rings. The van der Waals surface area contributed by atoms with Crippen molar-refractivity contribution in [3.05, 3.63) is 50.6 Å². The van der Waals surface area contributed by atoms with E-state index < -0.39 is 22.7 Å². The van der Waals surface area contributed by atoms with Crippen LogP contribution in [0.15, 0.2) is 34.9 Å². The number of hydrogen-bond donors (Lipinski definition) is 2. The first kappa shape index (κ1) is 28.2. The zero-order chi connectivity index (χ0) is 27.3. The van der Waals surface area contributed by atoms with E-state index in [0.29, 0.717) is 65.9 Å². The van der Waals surface area contributed by atoms with Crippen LogP contribution < -0.4 is 20.3 Å². The Hall–Kier alpha value is -2.86. The number of methoxy groups -OCH3 is 1. The summed E-state index contributed by atoms with van der Waals surface area (Å²) in [7, 11) is 1.51. The third-order valence-electron chi connectivity index (χ3n) is 7.46. The summed E-state index contributed by atoms with van der Waals surface area (Å²) in [5.74, 6) is -2.40. The van der Waals surface area contributed by atoms with Gasteiger partial charge in [0, 0.05) is 50.7 Å². The third-order valence-corrected chi connectivity index (χ3v) is 8.02. The first-order valence-electron chi connectivity index (χ1n) is 12.8. The number of benzene rings is 1. The largest absolute Gasteiger partial charge is 0.494 e. The van der Waals surface area contributed by atoms with Gasteiger partial charge in [-0.05, 0) is 59.3 Å². The van der Waals surface area contributed by atoms with E-state index in [4.69, 9.17) is 4.74 Å². The van der Waals surface area contributed by atoms with Gasteiger partial charge >= 0.3 is 0 Å². The fourth-order valence-electron chi connectivity index (χ4n) is 5.23. The Morgan fingerprint density at radius 1 is 1.29 bits per heavy atom. The normalized spacial score (nSPS) is 19.7. The SMILES string of the molecule is COc1ccc(NC(=O)c2ccc([N+](=O)[O-])cc2N2CCC(CCCC3CNCCC3(F)F)CC2)nc1Br. The van der Waals surface area contributed by atoms with E-state index in [1.54, 1.807) is 12.1 Å². The Kier molecular flexibility index (Phi) is 9.14. The van der Waals surface area contributed by atoms with E-state index in [0.717, 1.165) is 25.7 Å². The molecule has 3 heterocycles. The molecular weight excluding hydrogens is 564 g/mol. The van der Waals surface area contributed by atoms with Gasteiger partial charge in [0.2, 0.25) is 0 Å². The molecule has 1 aromatic carbocycles. The molecule has 12 heteroatoms. The van der Waals surface area contributed by atoms with Crippen LogP contribution in [0.1, 0.15) is 48.9 Å². The number of nitrogens with one attached hydrogen (secondary N) is 2. The number of anilines is 2.